The molecule has 0 fully saturated rings. The van der Waals surface area contributed by atoms with Crippen LogP contribution in [-0.2, 0) is 0 Å². The minimum atomic E-state index is 0.509. The van der Waals surface area contributed by atoms with E-state index in [-0.39, 0.29) is 0 Å². The fourth-order valence-electron chi connectivity index (χ4n) is 1.55. The second kappa shape index (κ2) is 7.75. The van der Waals surface area contributed by atoms with Gasteiger partial charge in [-0.05, 0) is 23.8 Å². The summed E-state index contributed by atoms with van der Waals surface area (Å²) in [5.41, 5.74) is 7.22. The molecule has 0 saturated heterocycles. The molecule has 2 heteroatoms. The zero-order chi connectivity index (χ0) is 11.8. The Morgan fingerprint density at radius 3 is 2.44 bits per heavy atom. The molecule has 1 rings (SSSR count). The van der Waals surface area contributed by atoms with E-state index in [1.165, 1.54) is 17.7 Å². The lowest BCUT2D eigenvalue weighted by molar-refractivity contribution is 0.636. The lowest BCUT2D eigenvalue weighted by Gasteiger charge is -2.16. The molecule has 0 aromatic heterocycles. The van der Waals surface area contributed by atoms with Crippen LogP contribution in [0, 0.1) is 5.92 Å². The van der Waals surface area contributed by atoms with E-state index in [1.54, 1.807) is 0 Å². The predicted molar refractivity (Wildman–Crippen MR) is 75.0 cm³/mol. The van der Waals surface area contributed by atoms with Crippen LogP contribution in [0.4, 0.5) is 0 Å². The standard InChI is InChI=1S/C14H23NS/c1-3-12(2)10-16-11-14(9-15)13-7-5-4-6-8-13/h4-8,12,14H,3,9-11,15H2,1-2H3. The third-order valence-corrected chi connectivity index (χ3v) is 4.42. The van der Waals surface area contributed by atoms with E-state index < -0.39 is 0 Å². The minimum Gasteiger partial charge on any atom is -0.330 e. The second-order valence-electron chi connectivity index (χ2n) is 4.39. The van der Waals surface area contributed by atoms with E-state index in [0.29, 0.717) is 5.92 Å². The van der Waals surface area contributed by atoms with Gasteiger partial charge in [-0.3, -0.25) is 0 Å². The molecule has 2 atom stereocenters. The van der Waals surface area contributed by atoms with Crippen molar-refractivity contribution < 1.29 is 0 Å². The Bertz CT molecular complexity index is 273. The summed E-state index contributed by atoms with van der Waals surface area (Å²) in [6.45, 7) is 5.31. The first-order chi connectivity index (χ1) is 7.77. The molecular formula is C14H23NS. The fraction of sp³-hybridized carbons (Fsp3) is 0.571. The van der Waals surface area contributed by atoms with E-state index in [0.717, 1.165) is 18.2 Å². The number of benzene rings is 1. The normalized spacial score (nSPS) is 14.7. The lowest BCUT2D eigenvalue weighted by atomic mass is 10.0. The average Bonchev–Trinajstić information content (AvgIpc) is 2.35. The molecule has 0 amide bonds. The molecular weight excluding hydrogens is 214 g/mol. The van der Waals surface area contributed by atoms with Crippen LogP contribution >= 0.6 is 11.8 Å². The molecule has 0 bridgehead atoms. The van der Waals surface area contributed by atoms with Gasteiger partial charge in [0, 0.05) is 11.7 Å². The highest BCUT2D eigenvalue weighted by Crippen LogP contribution is 2.21. The molecule has 0 radical (unpaired) electrons. The summed E-state index contributed by atoms with van der Waals surface area (Å²) in [7, 11) is 0. The van der Waals surface area contributed by atoms with Gasteiger partial charge in [0.2, 0.25) is 0 Å². The van der Waals surface area contributed by atoms with Gasteiger partial charge in [-0.15, -0.1) is 0 Å². The van der Waals surface area contributed by atoms with Crippen molar-refractivity contribution in [2.24, 2.45) is 11.7 Å². The van der Waals surface area contributed by atoms with Crippen molar-refractivity contribution in [3.05, 3.63) is 35.9 Å². The molecule has 1 nitrogen and oxygen atoms in total. The summed E-state index contributed by atoms with van der Waals surface area (Å²) in [4.78, 5) is 0. The molecule has 0 aliphatic heterocycles. The summed E-state index contributed by atoms with van der Waals surface area (Å²) < 4.78 is 0. The van der Waals surface area contributed by atoms with Gasteiger partial charge in [0.15, 0.2) is 0 Å². The van der Waals surface area contributed by atoms with Crippen LogP contribution in [-0.4, -0.2) is 18.1 Å². The molecule has 0 spiro atoms. The van der Waals surface area contributed by atoms with Crippen molar-refractivity contribution in [3.8, 4) is 0 Å². The maximum Gasteiger partial charge on any atom is 0.00519 e. The molecule has 16 heavy (non-hydrogen) atoms. The zero-order valence-electron chi connectivity index (χ0n) is 10.4. The molecule has 0 saturated carbocycles. The van der Waals surface area contributed by atoms with Gasteiger partial charge in [-0.25, -0.2) is 0 Å². The monoisotopic (exact) mass is 237 g/mol. The van der Waals surface area contributed by atoms with Gasteiger partial charge < -0.3 is 5.73 Å². The number of hydrogen-bond acceptors (Lipinski definition) is 2. The van der Waals surface area contributed by atoms with Crippen molar-refractivity contribution in [2.75, 3.05) is 18.1 Å². The lowest BCUT2D eigenvalue weighted by Crippen LogP contribution is -2.15. The smallest absolute Gasteiger partial charge is 0.00519 e. The molecule has 1 aromatic rings. The third-order valence-electron chi connectivity index (χ3n) is 2.97. The first-order valence-electron chi connectivity index (χ1n) is 6.10. The Balaban J connectivity index is 2.38. The first kappa shape index (κ1) is 13.6. The number of thioether (sulfide) groups is 1. The maximum atomic E-state index is 5.84. The van der Waals surface area contributed by atoms with Crippen LogP contribution in [0.5, 0.6) is 0 Å². The van der Waals surface area contributed by atoms with Crippen LogP contribution < -0.4 is 5.73 Å². The fourth-order valence-corrected chi connectivity index (χ4v) is 2.94. The second-order valence-corrected chi connectivity index (χ2v) is 5.47. The highest BCUT2D eigenvalue weighted by Gasteiger charge is 2.09. The molecule has 0 aliphatic rings. The summed E-state index contributed by atoms with van der Waals surface area (Å²) >= 11 is 2.03. The minimum absolute atomic E-state index is 0.509. The Labute approximate surface area is 104 Å². The number of hydrogen-bond donors (Lipinski definition) is 1. The molecule has 90 valence electrons. The van der Waals surface area contributed by atoms with Gasteiger partial charge in [-0.1, -0.05) is 50.6 Å². The van der Waals surface area contributed by atoms with Crippen molar-refractivity contribution in [1.29, 1.82) is 0 Å². The largest absolute Gasteiger partial charge is 0.330 e. The summed E-state index contributed by atoms with van der Waals surface area (Å²) in [6.07, 6.45) is 1.27. The van der Waals surface area contributed by atoms with E-state index in [1.807, 2.05) is 11.8 Å². The van der Waals surface area contributed by atoms with E-state index >= 15 is 0 Å². The Morgan fingerprint density at radius 2 is 1.88 bits per heavy atom. The van der Waals surface area contributed by atoms with Crippen LogP contribution in [0.25, 0.3) is 0 Å². The van der Waals surface area contributed by atoms with Gasteiger partial charge in [0.05, 0.1) is 0 Å². The Morgan fingerprint density at radius 1 is 1.19 bits per heavy atom. The molecule has 2 unspecified atom stereocenters. The van der Waals surface area contributed by atoms with Crippen molar-refractivity contribution in [1.82, 2.24) is 0 Å². The highest BCUT2D eigenvalue weighted by atomic mass is 32.2. The first-order valence-corrected chi connectivity index (χ1v) is 7.26. The summed E-state index contributed by atoms with van der Waals surface area (Å²) in [6, 6.07) is 10.6. The quantitative estimate of drug-likeness (QED) is 0.785. The SMILES string of the molecule is CCC(C)CSCC(CN)c1ccccc1. The molecule has 0 heterocycles. The predicted octanol–water partition coefficient (Wildman–Crippen LogP) is 3.51. The third kappa shape index (κ3) is 4.58. The Kier molecular flexibility index (Phi) is 6.58. The zero-order valence-corrected chi connectivity index (χ0v) is 11.2. The van der Waals surface area contributed by atoms with Gasteiger partial charge in [0.25, 0.3) is 0 Å². The number of rotatable bonds is 7. The van der Waals surface area contributed by atoms with Gasteiger partial charge in [-0.2, -0.15) is 11.8 Å². The van der Waals surface area contributed by atoms with Crippen molar-refractivity contribution in [2.45, 2.75) is 26.2 Å². The topological polar surface area (TPSA) is 26.0 Å². The van der Waals surface area contributed by atoms with Crippen molar-refractivity contribution >= 4 is 11.8 Å². The van der Waals surface area contributed by atoms with Gasteiger partial charge >= 0.3 is 0 Å². The van der Waals surface area contributed by atoms with Crippen molar-refractivity contribution in [3.63, 3.8) is 0 Å². The van der Waals surface area contributed by atoms with Gasteiger partial charge in [0.1, 0.15) is 0 Å². The maximum absolute atomic E-state index is 5.84. The molecule has 1 aromatic carbocycles. The van der Waals surface area contributed by atoms with Crippen LogP contribution in [0.3, 0.4) is 0 Å². The molecule has 0 aliphatic carbocycles. The van der Waals surface area contributed by atoms with Crippen LogP contribution in [0.1, 0.15) is 31.7 Å². The molecule has 2 N–H and O–H groups in total. The Hall–Kier alpha value is -0.470. The van der Waals surface area contributed by atoms with Crippen LogP contribution in [0.15, 0.2) is 30.3 Å². The summed E-state index contributed by atoms with van der Waals surface area (Å²) in [5, 5.41) is 0. The van der Waals surface area contributed by atoms with E-state index in [2.05, 4.69) is 44.2 Å². The average molecular weight is 237 g/mol. The van der Waals surface area contributed by atoms with E-state index in [9.17, 15) is 0 Å². The van der Waals surface area contributed by atoms with E-state index in [4.69, 9.17) is 5.73 Å². The highest BCUT2D eigenvalue weighted by molar-refractivity contribution is 7.99. The van der Waals surface area contributed by atoms with Crippen LogP contribution in [0.2, 0.25) is 0 Å². The summed E-state index contributed by atoms with van der Waals surface area (Å²) in [5.74, 6) is 3.72. The number of nitrogens with two attached hydrogens (primary N) is 1.